The van der Waals surface area contributed by atoms with E-state index in [0.717, 1.165) is 11.1 Å². The number of aryl methyl sites for hydroxylation is 1. The molecule has 2 aromatic carbocycles. The van der Waals surface area contributed by atoms with Crippen molar-refractivity contribution in [3.63, 3.8) is 0 Å². The summed E-state index contributed by atoms with van der Waals surface area (Å²) in [6.07, 6.45) is 0. The van der Waals surface area contributed by atoms with E-state index in [1.54, 1.807) is 36.4 Å². The van der Waals surface area contributed by atoms with Crippen molar-refractivity contribution in [1.82, 2.24) is 0 Å². The molecule has 0 saturated carbocycles. The fourth-order valence-corrected chi connectivity index (χ4v) is 3.35. The summed E-state index contributed by atoms with van der Waals surface area (Å²) in [5.74, 6) is 0.304. The van der Waals surface area contributed by atoms with Gasteiger partial charge in [0.15, 0.2) is 0 Å². The Bertz CT molecular complexity index is 742. The third-order valence-corrected chi connectivity index (χ3v) is 4.48. The molecular weight excluding hydrogens is 288 g/mol. The minimum absolute atomic E-state index is 0.108. The lowest BCUT2D eigenvalue weighted by Crippen LogP contribution is -2.16. The average Bonchev–Trinajstić information content (AvgIpc) is 2.47. The van der Waals surface area contributed by atoms with Gasteiger partial charge in [-0.1, -0.05) is 24.3 Å². The molecule has 21 heavy (non-hydrogen) atoms. The first-order chi connectivity index (χ1) is 9.97. The van der Waals surface area contributed by atoms with Crippen LogP contribution in [-0.4, -0.2) is 15.5 Å². The molecule has 0 aliphatic heterocycles. The van der Waals surface area contributed by atoms with Crippen molar-refractivity contribution in [2.75, 3.05) is 11.8 Å². The maximum Gasteiger partial charge on any atom is 0.265 e. The Morgan fingerprint density at radius 2 is 1.90 bits per heavy atom. The van der Waals surface area contributed by atoms with E-state index in [1.807, 2.05) is 13.0 Å². The Balaban J connectivity index is 2.46. The van der Waals surface area contributed by atoms with E-state index in [2.05, 4.69) is 4.72 Å². The summed E-state index contributed by atoms with van der Waals surface area (Å²) in [5, 5.41) is 0. The van der Waals surface area contributed by atoms with Gasteiger partial charge in [-0.25, -0.2) is 8.42 Å². The second-order valence-electron chi connectivity index (χ2n) is 4.62. The number of para-hydroxylation sites is 1. The van der Waals surface area contributed by atoms with E-state index < -0.39 is 10.0 Å². The smallest absolute Gasteiger partial charge is 0.265 e. The number of nitrogens with one attached hydrogen (secondary N) is 1. The number of ether oxygens (including phenoxy) is 1. The van der Waals surface area contributed by atoms with E-state index in [1.165, 1.54) is 7.11 Å². The van der Waals surface area contributed by atoms with Gasteiger partial charge in [0.1, 0.15) is 10.6 Å². The van der Waals surface area contributed by atoms with Gasteiger partial charge in [0.25, 0.3) is 10.0 Å². The number of rotatable bonds is 5. The number of sulfonamides is 1. The Morgan fingerprint density at radius 3 is 2.57 bits per heavy atom. The summed E-state index contributed by atoms with van der Waals surface area (Å²) in [7, 11) is -2.30. The standard InChI is InChI=1S/C15H18N2O3S/c1-11-7-8-14(20-2)15(9-11)21(18,19)17-13-6-4-3-5-12(13)10-16/h3-9,17H,10,16H2,1-2H3. The van der Waals surface area contributed by atoms with Crippen LogP contribution < -0.4 is 15.2 Å². The molecule has 0 aromatic heterocycles. The van der Waals surface area contributed by atoms with Crippen LogP contribution in [0, 0.1) is 6.92 Å². The third-order valence-electron chi connectivity index (χ3n) is 3.09. The first-order valence-electron chi connectivity index (χ1n) is 6.43. The lowest BCUT2D eigenvalue weighted by molar-refractivity contribution is 0.402. The first kappa shape index (κ1) is 15.3. The van der Waals surface area contributed by atoms with E-state index in [9.17, 15) is 8.42 Å². The highest BCUT2D eigenvalue weighted by Gasteiger charge is 2.20. The minimum atomic E-state index is -3.74. The van der Waals surface area contributed by atoms with Crippen molar-refractivity contribution in [3.05, 3.63) is 53.6 Å². The van der Waals surface area contributed by atoms with Crippen LogP contribution in [0.25, 0.3) is 0 Å². The zero-order chi connectivity index (χ0) is 15.5. The van der Waals surface area contributed by atoms with E-state index >= 15 is 0 Å². The molecule has 5 nitrogen and oxygen atoms in total. The van der Waals surface area contributed by atoms with Gasteiger partial charge in [0, 0.05) is 6.54 Å². The topological polar surface area (TPSA) is 81.4 Å². The molecule has 0 bridgehead atoms. The molecule has 2 aromatic rings. The Hall–Kier alpha value is -2.05. The normalized spacial score (nSPS) is 11.2. The lowest BCUT2D eigenvalue weighted by atomic mass is 10.2. The maximum atomic E-state index is 12.6. The summed E-state index contributed by atoms with van der Waals surface area (Å²) in [4.78, 5) is 0.108. The number of methoxy groups -OCH3 is 1. The summed E-state index contributed by atoms with van der Waals surface area (Å²) in [5.41, 5.74) is 7.67. The molecule has 6 heteroatoms. The fourth-order valence-electron chi connectivity index (χ4n) is 1.99. The SMILES string of the molecule is COc1ccc(C)cc1S(=O)(=O)Nc1ccccc1CN. The molecule has 0 unspecified atom stereocenters. The molecule has 0 atom stereocenters. The maximum absolute atomic E-state index is 12.6. The van der Waals surface area contributed by atoms with Crippen molar-refractivity contribution in [2.24, 2.45) is 5.73 Å². The average molecular weight is 306 g/mol. The van der Waals surface area contributed by atoms with Gasteiger partial charge >= 0.3 is 0 Å². The van der Waals surface area contributed by atoms with Crippen molar-refractivity contribution in [1.29, 1.82) is 0 Å². The minimum Gasteiger partial charge on any atom is -0.495 e. The zero-order valence-corrected chi connectivity index (χ0v) is 12.8. The molecule has 0 spiro atoms. The molecular formula is C15H18N2O3S. The second kappa shape index (κ2) is 6.15. The number of nitrogens with two attached hydrogens (primary N) is 1. The largest absolute Gasteiger partial charge is 0.495 e. The molecule has 3 N–H and O–H groups in total. The highest BCUT2D eigenvalue weighted by Crippen LogP contribution is 2.27. The van der Waals surface area contributed by atoms with Crippen LogP contribution in [-0.2, 0) is 16.6 Å². The molecule has 0 saturated heterocycles. The third kappa shape index (κ3) is 3.34. The summed E-state index contributed by atoms with van der Waals surface area (Å²) < 4.78 is 32.8. The van der Waals surface area contributed by atoms with Gasteiger partial charge in [-0.3, -0.25) is 4.72 Å². The van der Waals surface area contributed by atoms with Crippen LogP contribution in [0.1, 0.15) is 11.1 Å². The van der Waals surface area contributed by atoms with Gasteiger partial charge in [-0.2, -0.15) is 0 Å². The van der Waals surface area contributed by atoms with Crippen LogP contribution in [0.15, 0.2) is 47.4 Å². The number of hydrogen-bond acceptors (Lipinski definition) is 4. The summed E-state index contributed by atoms with van der Waals surface area (Å²) in [6, 6.07) is 12.0. The fraction of sp³-hybridized carbons (Fsp3) is 0.200. The van der Waals surface area contributed by atoms with E-state index in [4.69, 9.17) is 10.5 Å². The van der Waals surface area contributed by atoms with Crippen LogP contribution in [0.2, 0.25) is 0 Å². The molecule has 2 rings (SSSR count). The van der Waals surface area contributed by atoms with Gasteiger partial charge in [-0.05, 0) is 36.2 Å². The Morgan fingerprint density at radius 1 is 1.19 bits per heavy atom. The van der Waals surface area contributed by atoms with Crippen LogP contribution >= 0.6 is 0 Å². The molecule has 0 amide bonds. The van der Waals surface area contributed by atoms with Crippen molar-refractivity contribution in [3.8, 4) is 5.75 Å². The Labute approximate surface area is 124 Å². The van der Waals surface area contributed by atoms with E-state index in [-0.39, 0.29) is 11.4 Å². The van der Waals surface area contributed by atoms with E-state index in [0.29, 0.717) is 11.4 Å². The van der Waals surface area contributed by atoms with Crippen LogP contribution in [0.3, 0.4) is 0 Å². The number of hydrogen-bond donors (Lipinski definition) is 2. The van der Waals surface area contributed by atoms with Gasteiger partial charge in [0.05, 0.1) is 12.8 Å². The molecule has 0 radical (unpaired) electrons. The summed E-state index contributed by atoms with van der Waals surface area (Å²) in [6.45, 7) is 2.08. The quantitative estimate of drug-likeness (QED) is 0.888. The van der Waals surface area contributed by atoms with Crippen molar-refractivity contribution < 1.29 is 13.2 Å². The monoisotopic (exact) mass is 306 g/mol. The van der Waals surface area contributed by atoms with Crippen LogP contribution in [0.5, 0.6) is 5.75 Å². The van der Waals surface area contributed by atoms with Gasteiger partial charge < -0.3 is 10.5 Å². The molecule has 0 aliphatic rings. The first-order valence-corrected chi connectivity index (χ1v) is 7.91. The summed E-state index contributed by atoms with van der Waals surface area (Å²) >= 11 is 0. The molecule has 112 valence electrons. The molecule has 0 heterocycles. The van der Waals surface area contributed by atoms with Crippen molar-refractivity contribution >= 4 is 15.7 Å². The van der Waals surface area contributed by atoms with Gasteiger partial charge in [-0.15, -0.1) is 0 Å². The molecule has 0 fully saturated rings. The second-order valence-corrected chi connectivity index (χ2v) is 6.27. The zero-order valence-electron chi connectivity index (χ0n) is 12.0. The lowest BCUT2D eigenvalue weighted by Gasteiger charge is -2.14. The molecule has 0 aliphatic carbocycles. The predicted octanol–water partition coefficient (Wildman–Crippen LogP) is 2.26. The van der Waals surface area contributed by atoms with Crippen LogP contribution in [0.4, 0.5) is 5.69 Å². The Kier molecular flexibility index (Phi) is 4.50. The highest BCUT2D eigenvalue weighted by molar-refractivity contribution is 7.92. The highest BCUT2D eigenvalue weighted by atomic mass is 32.2. The predicted molar refractivity (Wildman–Crippen MR) is 82.9 cm³/mol. The number of anilines is 1. The van der Waals surface area contributed by atoms with Gasteiger partial charge in [0.2, 0.25) is 0 Å². The number of benzene rings is 2. The van der Waals surface area contributed by atoms with Crippen molar-refractivity contribution in [2.45, 2.75) is 18.4 Å².